The maximum absolute atomic E-state index is 2.69. The highest BCUT2D eigenvalue weighted by molar-refractivity contribution is 4.75. The average Bonchev–Trinajstić information content (AvgIpc) is 2.47. The van der Waals surface area contributed by atoms with Crippen LogP contribution >= 0.6 is 0 Å². The molecular formula is C13H27N3. The minimum absolute atomic E-state index is 0.958. The number of piperidine rings is 1. The molecule has 3 heteroatoms. The third-order valence-electron chi connectivity index (χ3n) is 4.17. The standard InChI is InChI=1S/C13H27N3/c1-14-6-3-7-16(11-10-14)12-13-4-8-15(2)9-5-13/h13H,3-12H2,1-2H3. The third kappa shape index (κ3) is 3.72. The minimum atomic E-state index is 0.958. The van der Waals surface area contributed by atoms with E-state index in [1.165, 1.54) is 65.1 Å². The molecule has 16 heavy (non-hydrogen) atoms. The molecule has 2 aliphatic rings. The van der Waals surface area contributed by atoms with Crippen molar-refractivity contribution < 1.29 is 0 Å². The maximum atomic E-state index is 2.69. The van der Waals surface area contributed by atoms with Crippen LogP contribution in [0.2, 0.25) is 0 Å². The molecule has 2 aliphatic heterocycles. The van der Waals surface area contributed by atoms with Crippen LogP contribution in [-0.2, 0) is 0 Å². The first-order valence-electron chi connectivity index (χ1n) is 6.83. The molecule has 0 amide bonds. The molecule has 2 saturated heterocycles. The van der Waals surface area contributed by atoms with Gasteiger partial charge in [-0.2, -0.15) is 0 Å². The first kappa shape index (κ1) is 12.3. The summed E-state index contributed by atoms with van der Waals surface area (Å²) >= 11 is 0. The molecule has 2 heterocycles. The minimum Gasteiger partial charge on any atom is -0.306 e. The Labute approximate surface area is 100 Å². The van der Waals surface area contributed by atoms with Gasteiger partial charge < -0.3 is 14.7 Å². The Hall–Kier alpha value is -0.120. The van der Waals surface area contributed by atoms with E-state index in [9.17, 15) is 0 Å². The molecule has 0 N–H and O–H groups in total. The van der Waals surface area contributed by atoms with Crippen LogP contribution in [0.5, 0.6) is 0 Å². The third-order valence-corrected chi connectivity index (χ3v) is 4.17. The molecule has 0 aliphatic carbocycles. The maximum Gasteiger partial charge on any atom is 0.0109 e. The van der Waals surface area contributed by atoms with Crippen LogP contribution in [0.1, 0.15) is 19.3 Å². The number of hydrogen-bond acceptors (Lipinski definition) is 3. The van der Waals surface area contributed by atoms with Crippen molar-refractivity contribution in [3.05, 3.63) is 0 Å². The smallest absolute Gasteiger partial charge is 0.0109 e. The van der Waals surface area contributed by atoms with Gasteiger partial charge >= 0.3 is 0 Å². The van der Waals surface area contributed by atoms with Gasteiger partial charge in [0.15, 0.2) is 0 Å². The van der Waals surface area contributed by atoms with E-state index in [4.69, 9.17) is 0 Å². The summed E-state index contributed by atoms with van der Waals surface area (Å²) in [6.07, 6.45) is 4.16. The summed E-state index contributed by atoms with van der Waals surface area (Å²) in [7, 11) is 4.50. The van der Waals surface area contributed by atoms with Crippen molar-refractivity contribution in [2.75, 3.05) is 59.9 Å². The van der Waals surface area contributed by atoms with E-state index >= 15 is 0 Å². The Kier molecular flexibility index (Phi) is 4.62. The average molecular weight is 225 g/mol. The highest BCUT2D eigenvalue weighted by Gasteiger charge is 2.20. The quantitative estimate of drug-likeness (QED) is 0.693. The summed E-state index contributed by atoms with van der Waals surface area (Å²) in [6, 6.07) is 0. The second-order valence-corrected chi connectivity index (χ2v) is 5.70. The molecule has 0 saturated carbocycles. The van der Waals surface area contributed by atoms with Crippen LogP contribution in [0.3, 0.4) is 0 Å². The number of hydrogen-bond donors (Lipinski definition) is 0. The van der Waals surface area contributed by atoms with Crippen LogP contribution in [-0.4, -0.2) is 74.6 Å². The topological polar surface area (TPSA) is 9.72 Å². The van der Waals surface area contributed by atoms with Gasteiger partial charge in [-0.05, 0) is 65.5 Å². The van der Waals surface area contributed by atoms with E-state index < -0.39 is 0 Å². The van der Waals surface area contributed by atoms with Crippen molar-refractivity contribution in [2.24, 2.45) is 5.92 Å². The van der Waals surface area contributed by atoms with E-state index in [1.807, 2.05) is 0 Å². The highest BCUT2D eigenvalue weighted by atomic mass is 15.2. The first-order valence-corrected chi connectivity index (χ1v) is 6.83. The second-order valence-electron chi connectivity index (χ2n) is 5.70. The van der Waals surface area contributed by atoms with Crippen LogP contribution in [0, 0.1) is 5.92 Å². The first-order chi connectivity index (χ1) is 7.74. The van der Waals surface area contributed by atoms with Crippen molar-refractivity contribution in [1.29, 1.82) is 0 Å². The summed E-state index contributed by atoms with van der Waals surface area (Å²) in [6.45, 7) is 9.09. The molecular weight excluding hydrogens is 198 g/mol. The SMILES string of the molecule is CN1CCC(CN2CCCN(C)CC2)CC1. The van der Waals surface area contributed by atoms with Crippen LogP contribution in [0.4, 0.5) is 0 Å². The predicted octanol–water partition coefficient (Wildman–Crippen LogP) is 0.966. The van der Waals surface area contributed by atoms with Gasteiger partial charge in [0.25, 0.3) is 0 Å². The van der Waals surface area contributed by atoms with Crippen LogP contribution in [0.15, 0.2) is 0 Å². The van der Waals surface area contributed by atoms with Crippen LogP contribution in [0.25, 0.3) is 0 Å². The van der Waals surface area contributed by atoms with Gasteiger partial charge in [-0.3, -0.25) is 0 Å². The normalized spacial score (nSPS) is 28.1. The fraction of sp³-hybridized carbons (Fsp3) is 1.00. The summed E-state index contributed by atoms with van der Waals surface area (Å²) in [4.78, 5) is 7.63. The Morgan fingerprint density at radius 3 is 2.25 bits per heavy atom. The Bertz CT molecular complexity index is 199. The molecule has 0 unspecified atom stereocenters. The lowest BCUT2D eigenvalue weighted by molar-refractivity contribution is 0.163. The summed E-state index contributed by atoms with van der Waals surface area (Å²) in [5.41, 5.74) is 0. The lowest BCUT2D eigenvalue weighted by Gasteiger charge is -2.32. The van der Waals surface area contributed by atoms with E-state index in [-0.39, 0.29) is 0 Å². The Morgan fingerprint density at radius 2 is 1.50 bits per heavy atom. The molecule has 2 fully saturated rings. The Balaban J connectivity index is 1.72. The van der Waals surface area contributed by atoms with Gasteiger partial charge in [0.05, 0.1) is 0 Å². The molecule has 0 aromatic rings. The van der Waals surface area contributed by atoms with Gasteiger partial charge in [0.1, 0.15) is 0 Å². The molecule has 0 aromatic heterocycles. The molecule has 3 nitrogen and oxygen atoms in total. The van der Waals surface area contributed by atoms with Crippen LogP contribution < -0.4 is 0 Å². The summed E-state index contributed by atoms with van der Waals surface area (Å²) in [5.74, 6) is 0.958. The van der Waals surface area contributed by atoms with Gasteiger partial charge in [-0.1, -0.05) is 0 Å². The number of rotatable bonds is 2. The zero-order chi connectivity index (χ0) is 11.4. The van der Waals surface area contributed by atoms with E-state index in [0.717, 1.165) is 5.92 Å². The van der Waals surface area contributed by atoms with Crippen molar-refractivity contribution in [1.82, 2.24) is 14.7 Å². The molecule has 2 rings (SSSR count). The van der Waals surface area contributed by atoms with Gasteiger partial charge in [0, 0.05) is 19.6 Å². The monoisotopic (exact) mass is 225 g/mol. The fourth-order valence-electron chi connectivity index (χ4n) is 2.89. The van der Waals surface area contributed by atoms with E-state index in [2.05, 4.69) is 28.8 Å². The lowest BCUT2D eigenvalue weighted by Crippen LogP contribution is -2.38. The van der Waals surface area contributed by atoms with Crippen molar-refractivity contribution in [3.63, 3.8) is 0 Å². The Morgan fingerprint density at radius 1 is 0.812 bits per heavy atom. The number of nitrogens with zero attached hydrogens (tertiary/aromatic N) is 3. The summed E-state index contributed by atoms with van der Waals surface area (Å²) in [5, 5.41) is 0. The largest absolute Gasteiger partial charge is 0.306 e. The van der Waals surface area contributed by atoms with Crippen molar-refractivity contribution in [3.8, 4) is 0 Å². The lowest BCUT2D eigenvalue weighted by atomic mass is 9.96. The molecule has 0 radical (unpaired) electrons. The fourth-order valence-corrected chi connectivity index (χ4v) is 2.89. The molecule has 0 aromatic carbocycles. The zero-order valence-corrected chi connectivity index (χ0v) is 11.0. The molecule has 0 atom stereocenters. The number of likely N-dealkylation sites (tertiary alicyclic amines) is 1. The zero-order valence-electron chi connectivity index (χ0n) is 11.0. The van der Waals surface area contributed by atoms with Gasteiger partial charge in [0.2, 0.25) is 0 Å². The van der Waals surface area contributed by atoms with Gasteiger partial charge in [-0.25, -0.2) is 0 Å². The molecule has 0 spiro atoms. The molecule has 94 valence electrons. The number of likely N-dealkylation sites (N-methyl/N-ethyl adjacent to an activating group) is 1. The summed E-state index contributed by atoms with van der Waals surface area (Å²) < 4.78 is 0. The van der Waals surface area contributed by atoms with Crippen molar-refractivity contribution in [2.45, 2.75) is 19.3 Å². The highest BCUT2D eigenvalue weighted by Crippen LogP contribution is 2.17. The molecule has 0 bridgehead atoms. The van der Waals surface area contributed by atoms with Crippen molar-refractivity contribution >= 4 is 0 Å². The second kappa shape index (κ2) is 5.99. The van der Waals surface area contributed by atoms with E-state index in [1.54, 1.807) is 0 Å². The van der Waals surface area contributed by atoms with E-state index in [0.29, 0.717) is 0 Å². The predicted molar refractivity (Wildman–Crippen MR) is 68.8 cm³/mol. The van der Waals surface area contributed by atoms with Gasteiger partial charge in [-0.15, -0.1) is 0 Å².